The smallest absolute Gasteiger partial charge is 0.246 e. The second kappa shape index (κ2) is 7.99. The van der Waals surface area contributed by atoms with Gasteiger partial charge in [-0.25, -0.2) is 0 Å². The van der Waals surface area contributed by atoms with Gasteiger partial charge in [-0.15, -0.1) is 0 Å². The molecule has 0 unspecified atom stereocenters. The first-order valence-electron chi connectivity index (χ1n) is 8.93. The molecule has 4 rings (SSSR count). The minimum Gasteiger partial charge on any atom is -0.375 e. The molecule has 3 aliphatic heterocycles. The van der Waals surface area contributed by atoms with Crippen molar-refractivity contribution in [2.45, 2.75) is 18.9 Å². The van der Waals surface area contributed by atoms with Gasteiger partial charge in [0, 0.05) is 45.5 Å². The minimum absolute atomic E-state index is 0.0134. The van der Waals surface area contributed by atoms with Crippen LogP contribution >= 0.6 is 0 Å². The average Bonchev–Trinajstić information content (AvgIpc) is 2.62. The zero-order valence-electron chi connectivity index (χ0n) is 14.8. The molecule has 1 aromatic carbocycles. The predicted molar refractivity (Wildman–Crippen MR) is 96.2 cm³/mol. The van der Waals surface area contributed by atoms with Gasteiger partial charge in [-0.05, 0) is 43.4 Å². The maximum absolute atomic E-state index is 11.6. The van der Waals surface area contributed by atoms with Crippen LogP contribution in [0.4, 0.5) is 5.69 Å². The van der Waals surface area contributed by atoms with Gasteiger partial charge in [-0.3, -0.25) is 9.69 Å². The number of nitrogens with one attached hydrogen (secondary N) is 1. The van der Waals surface area contributed by atoms with Crippen LogP contribution in [-0.4, -0.2) is 63.8 Å². The van der Waals surface area contributed by atoms with Gasteiger partial charge in [0.15, 0.2) is 0 Å². The quantitative estimate of drug-likeness (QED) is 0.824. The van der Waals surface area contributed by atoms with E-state index in [9.17, 15) is 4.79 Å². The molecule has 1 N–H and O–H groups in total. The third-order valence-electron chi connectivity index (χ3n) is 5.53. The fourth-order valence-electron chi connectivity index (χ4n) is 4.22. The van der Waals surface area contributed by atoms with Crippen LogP contribution in [0.1, 0.15) is 12.8 Å². The number of rotatable bonds is 7. The molecular weight excluding hydrogens is 302 g/mol. The Balaban J connectivity index is 1.51. The van der Waals surface area contributed by atoms with Crippen LogP contribution in [0, 0.1) is 11.8 Å². The van der Waals surface area contributed by atoms with Gasteiger partial charge in [-0.2, -0.15) is 0 Å². The Labute approximate surface area is 145 Å². The van der Waals surface area contributed by atoms with E-state index >= 15 is 0 Å². The number of fused-ring (bicyclic) bond motifs is 3. The molecule has 4 atom stereocenters. The van der Waals surface area contributed by atoms with Crippen molar-refractivity contribution in [2.75, 3.05) is 51.8 Å². The maximum Gasteiger partial charge on any atom is 0.246 e. The lowest BCUT2D eigenvalue weighted by Crippen LogP contribution is -2.58. The number of para-hydroxylation sites is 1. The molecule has 0 aliphatic carbocycles. The summed E-state index contributed by atoms with van der Waals surface area (Å²) in [6.45, 7) is 4.32. The number of nitrogens with zero attached hydrogens (tertiary/aromatic N) is 2. The third kappa shape index (κ3) is 4.08. The molecule has 1 aromatic rings. The van der Waals surface area contributed by atoms with Crippen LogP contribution in [0.3, 0.4) is 0 Å². The summed E-state index contributed by atoms with van der Waals surface area (Å²) in [5.74, 6) is 1.47. The van der Waals surface area contributed by atoms with E-state index < -0.39 is 0 Å². The van der Waals surface area contributed by atoms with E-state index in [0.717, 1.165) is 31.5 Å². The molecule has 3 fully saturated rings. The van der Waals surface area contributed by atoms with Crippen molar-refractivity contribution in [3.05, 3.63) is 30.3 Å². The second-order valence-electron chi connectivity index (χ2n) is 7.15. The molecule has 5 nitrogen and oxygen atoms in total. The Hall–Kier alpha value is -1.59. The van der Waals surface area contributed by atoms with Crippen molar-refractivity contribution in [2.24, 2.45) is 11.8 Å². The standard InChI is InChI=1S/C19H29N3O2/c1-21(17-6-4-3-5-7-17)12-16-13-22-9-8-15(16)10-18(22)11-20-19(23)14-24-2/h3-7,15-16,18H,8-14H2,1-2H3,(H,20,23)/t15-,16-,18+/m0/s1. The van der Waals surface area contributed by atoms with Crippen LogP contribution in [0.15, 0.2) is 30.3 Å². The van der Waals surface area contributed by atoms with Gasteiger partial charge in [0.1, 0.15) is 6.61 Å². The number of methoxy groups -OCH3 is 1. The highest BCUT2D eigenvalue weighted by Crippen LogP contribution is 2.36. The van der Waals surface area contributed by atoms with Crippen molar-refractivity contribution in [1.82, 2.24) is 10.2 Å². The van der Waals surface area contributed by atoms with Crippen LogP contribution in [0.5, 0.6) is 0 Å². The van der Waals surface area contributed by atoms with Crippen LogP contribution in [-0.2, 0) is 9.53 Å². The van der Waals surface area contributed by atoms with Gasteiger partial charge in [0.25, 0.3) is 0 Å². The summed E-state index contributed by atoms with van der Waals surface area (Å²) in [6, 6.07) is 11.1. The topological polar surface area (TPSA) is 44.8 Å². The highest BCUT2D eigenvalue weighted by Gasteiger charge is 2.40. The van der Waals surface area contributed by atoms with Gasteiger partial charge >= 0.3 is 0 Å². The number of ether oxygens (including phenoxy) is 1. The number of carbonyl (C=O) groups excluding carboxylic acids is 1. The first kappa shape index (κ1) is 17.2. The van der Waals surface area contributed by atoms with Crippen molar-refractivity contribution in [3.63, 3.8) is 0 Å². The largest absolute Gasteiger partial charge is 0.375 e. The Morgan fingerprint density at radius 1 is 1.38 bits per heavy atom. The molecule has 2 bridgehead atoms. The van der Waals surface area contributed by atoms with Crippen molar-refractivity contribution < 1.29 is 9.53 Å². The number of hydrogen-bond donors (Lipinski definition) is 1. The summed E-state index contributed by atoms with van der Waals surface area (Å²) in [4.78, 5) is 16.5. The number of carbonyl (C=O) groups is 1. The van der Waals surface area contributed by atoms with E-state index in [1.807, 2.05) is 0 Å². The molecule has 3 heterocycles. The van der Waals surface area contributed by atoms with E-state index in [4.69, 9.17) is 4.74 Å². The Morgan fingerprint density at radius 2 is 2.17 bits per heavy atom. The molecule has 0 spiro atoms. The minimum atomic E-state index is -0.0134. The number of piperidine rings is 3. The number of benzene rings is 1. The molecular formula is C19H29N3O2. The summed E-state index contributed by atoms with van der Waals surface area (Å²) >= 11 is 0. The SMILES string of the molecule is COCC(=O)NC[C@H]1C[C@@H]2CC[N@@]1C[C@@H]2CN(C)c1ccccc1. The van der Waals surface area contributed by atoms with Crippen molar-refractivity contribution in [1.29, 1.82) is 0 Å². The van der Waals surface area contributed by atoms with E-state index in [1.165, 1.54) is 25.1 Å². The lowest BCUT2D eigenvalue weighted by atomic mass is 9.75. The molecule has 5 heteroatoms. The van der Waals surface area contributed by atoms with Gasteiger partial charge in [0.2, 0.25) is 5.91 Å². The highest BCUT2D eigenvalue weighted by atomic mass is 16.5. The molecule has 0 radical (unpaired) electrons. The third-order valence-corrected chi connectivity index (χ3v) is 5.53. The molecule has 1 amide bonds. The Morgan fingerprint density at radius 3 is 2.83 bits per heavy atom. The molecule has 0 aromatic heterocycles. The summed E-state index contributed by atoms with van der Waals surface area (Å²) < 4.78 is 4.88. The van der Waals surface area contributed by atoms with E-state index in [2.05, 4.69) is 52.5 Å². The predicted octanol–water partition coefficient (Wildman–Crippen LogP) is 1.60. The number of anilines is 1. The lowest BCUT2D eigenvalue weighted by molar-refractivity contribution is -0.125. The fourth-order valence-corrected chi connectivity index (χ4v) is 4.22. The normalized spacial score (nSPS) is 28.6. The summed E-state index contributed by atoms with van der Waals surface area (Å²) in [7, 11) is 3.74. The number of amides is 1. The Bertz CT molecular complexity index is 537. The van der Waals surface area contributed by atoms with Gasteiger partial charge in [-0.1, -0.05) is 18.2 Å². The molecule has 3 aliphatic rings. The van der Waals surface area contributed by atoms with E-state index in [-0.39, 0.29) is 12.5 Å². The monoisotopic (exact) mass is 331 g/mol. The summed E-state index contributed by atoms with van der Waals surface area (Å²) in [5, 5.41) is 3.00. The molecule has 24 heavy (non-hydrogen) atoms. The van der Waals surface area contributed by atoms with Crippen molar-refractivity contribution >= 4 is 11.6 Å². The molecule has 0 saturated carbocycles. The second-order valence-corrected chi connectivity index (χ2v) is 7.15. The van der Waals surface area contributed by atoms with Crippen molar-refractivity contribution in [3.8, 4) is 0 Å². The fraction of sp³-hybridized carbons (Fsp3) is 0.632. The van der Waals surface area contributed by atoms with E-state index in [0.29, 0.717) is 6.04 Å². The van der Waals surface area contributed by atoms with E-state index in [1.54, 1.807) is 7.11 Å². The van der Waals surface area contributed by atoms with Crippen LogP contribution in [0.2, 0.25) is 0 Å². The molecule has 3 saturated heterocycles. The first-order chi connectivity index (χ1) is 11.7. The van der Waals surface area contributed by atoms with Crippen LogP contribution in [0.25, 0.3) is 0 Å². The molecule has 132 valence electrons. The van der Waals surface area contributed by atoms with Gasteiger partial charge < -0.3 is 15.0 Å². The van der Waals surface area contributed by atoms with Crippen LogP contribution < -0.4 is 10.2 Å². The number of hydrogen-bond acceptors (Lipinski definition) is 4. The zero-order chi connectivity index (χ0) is 16.9. The average molecular weight is 331 g/mol. The summed E-state index contributed by atoms with van der Waals surface area (Å²) in [5.41, 5.74) is 1.29. The van der Waals surface area contributed by atoms with Gasteiger partial charge in [0.05, 0.1) is 0 Å². The maximum atomic E-state index is 11.6. The highest BCUT2D eigenvalue weighted by molar-refractivity contribution is 5.77. The Kier molecular flexibility index (Phi) is 5.74. The summed E-state index contributed by atoms with van der Waals surface area (Å²) in [6.07, 6.45) is 2.48. The first-order valence-corrected chi connectivity index (χ1v) is 8.93. The zero-order valence-corrected chi connectivity index (χ0v) is 14.8. The lowest BCUT2D eigenvalue weighted by Gasteiger charge is -2.50.